The molecule has 2 saturated carbocycles. The van der Waals surface area contributed by atoms with Crippen LogP contribution in [0.1, 0.15) is 122 Å². The summed E-state index contributed by atoms with van der Waals surface area (Å²) in [5.41, 5.74) is 2.69. The van der Waals surface area contributed by atoms with Crippen LogP contribution in [-0.2, 0) is 41.9 Å². The number of ketones is 1. The van der Waals surface area contributed by atoms with Crippen LogP contribution in [0.25, 0.3) is 10.9 Å². The number of aromatic amines is 1. The predicted molar refractivity (Wildman–Crippen MR) is 188 cm³/mol. The smallest absolute Gasteiger partial charge is 0.178 e. The lowest BCUT2D eigenvalue weighted by Gasteiger charge is -2.66. The number of epoxide rings is 1. The second kappa shape index (κ2) is 9.34. The Kier molecular flexibility index (Phi) is 6.09. The molecule has 1 spiro atoms. The number of aromatic nitrogens is 1. The van der Waals surface area contributed by atoms with Gasteiger partial charge in [-0.05, 0) is 129 Å². The van der Waals surface area contributed by atoms with Crippen molar-refractivity contribution in [2.75, 3.05) is 0 Å². The molecule has 1 aromatic heterocycles. The summed E-state index contributed by atoms with van der Waals surface area (Å²) >= 11 is 0. The number of Topliss-reactive ketones (excluding diaryl/α,β-unsaturated/α-hetero) is 1. The molecule has 2 aromatic rings. The zero-order chi connectivity index (χ0) is 35.3. The van der Waals surface area contributed by atoms with E-state index < -0.39 is 34.1 Å². The summed E-state index contributed by atoms with van der Waals surface area (Å²) in [7, 11) is 0. The third-order valence-corrected chi connectivity index (χ3v) is 15.9. The summed E-state index contributed by atoms with van der Waals surface area (Å²) in [6, 6.07) is 4.19. The molecule has 0 radical (unpaired) electrons. The zero-order valence-electron chi connectivity index (χ0n) is 31.5. The average molecular weight is 686 g/mol. The van der Waals surface area contributed by atoms with Gasteiger partial charge in [-0.25, -0.2) is 0 Å². The van der Waals surface area contributed by atoms with Gasteiger partial charge in [0.1, 0.15) is 23.9 Å². The lowest BCUT2D eigenvalue weighted by Crippen LogP contribution is -2.77. The summed E-state index contributed by atoms with van der Waals surface area (Å²) in [6.07, 6.45) is 5.41. The van der Waals surface area contributed by atoms with Crippen LogP contribution in [0.2, 0.25) is 0 Å². The lowest BCUT2D eigenvalue weighted by molar-refractivity contribution is -0.343. The molecule has 8 nitrogen and oxygen atoms in total. The first kappa shape index (κ1) is 32.6. The van der Waals surface area contributed by atoms with Crippen molar-refractivity contribution in [3.63, 3.8) is 0 Å². The van der Waals surface area contributed by atoms with Gasteiger partial charge in [0.2, 0.25) is 0 Å². The molecule has 4 aliphatic carbocycles. The summed E-state index contributed by atoms with van der Waals surface area (Å²) in [5, 5.41) is 14.7. The van der Waals surface area contributed by atoms with Gasteiger partial charge in [0, 0.05) is 38.9 Å². The molecule has 0 amide bonds. The fourth-order valence-corrected chi connectivity index (χ4v) is 13.6. The molecule has 4 aliphatic heterocycles. The number of aliphatic hydroxyl groups is 1. The largest absolute Gasteiger partial charge is 0.386 e. The molecule has 1 aromatic carbocycles. The minimum absolute atomic E-state index is 0.123. The van der Waals surface area contributed by atoms with Crippen molar-refractivity contribution in [3.05, 3.63) is 46.2 Å². The second-order valence-electron chi connectivity index (χ2n) is 19.6. The molecule has 6 fully saturated rings. The van der Waals surface area contributed by atoms with Crippen LogP contribution in [-0.4, -0.2) is 74.6 Å². The van der Waals surface area contributed by atoms with E-state index in [0.29, 0.717) is 12.3 Å². The number of hydrogen-bond donors (Lipinski definition) is 2. The van der Waals surface area contributed by atoms with Gasteiger partial charge in [-0.2, -0.15) is 0 Å². The number of hydrogen-bond acceptors (Lipinski definition) is 7. The van der Waals surface area contributed by atoms with Gasteiger partial charge in [-0.15, -0.1) is 0 Å². The molecule has 50 heavy (non-hydrogen) atoms. The van der Waals surface area contributed by atoms with Crippen molar-refractivity contribution >= 4 is 16.7 Å². The number of nitrogens with one attached hydrogen (secondary N) is 1. The van der Waals surface area contributed by atoms with Gasteiger partial charge in [0.15, 0.2) is 17.7 Å². The lowest BCUT2D eigenvalue weighted by atomic mass is 9.40. The van der Waals surface area contributed by atoms with E-state index in [9.17, 15) is 9.90 Å². The van der Waals surface area contributed by atoms with Crippen molar-refractivity contribution in [2.45, 2.75) is 172 Å². The summed E-state index contributed by atoms with van der Waals surface area (Å²) < 4.78 is 33.4. The van der Waals surface area contributed by atoms with Crippen LogP contribution >= 0.6 is 0 Å². The Hall–Kier alpha value is -2.07. The maximum absolute atomic E-state index is 14.3. The Morgan fingerprint density at radius 1 is 0.880 bits per heavy atom. The summed E-state index contributed by atoms with van der Waals surface area (Å²) in [5.74, 6) is 0.568. The Labute approximate surface area is 296 Å². The fourth-order valence-electron chi connectivity index (χ4n) is 13.6. The first-order valence-electron chi connectivity index (χ1n) is 19.3. The fraction of sp³-hybridized carbons (Fsp3) is 0.738. The van der Waals surface area contributed by atoms with E-state index in [2.05, 4.69) is 86.4 Å². The topological polar surface area (TPSA) is 103 Å². The molecule has 270 valence electrons. The Morgan fingerprint density at radius 2 is 1.64 bits per heavy atom. The Balaban J connectivity index is 1.07. The number of allylic oxidation sites excluding steroid dienone is 1. The first-order valence-corrected chi connectivity index (χ1v) is 19.3. The molecule has 4 saturated heterocycles. The maximum Gasteiger partial charge on any atom is 0.178 e. The highest BCUT2D eigenvalue weighted by Crippen LogP contribution is 2.75. The van der Waals surface area contributed by atoms with Gasteiger partial charge in [-0.1, -0.05) is 19.4 Å². The number of H-pyrrole nitrogens is 1. The predicted octanol–water partition coefficient (Wildman–Crippen LogP) is 6.87. The SMILES string of the molecule is CC(C)=C[C@H]1O[C@H]2[C@H]3O[C@@]34C(CC[C@@]3(C)[C@@]4(O)CC[C@H]4Cc5c([nH]c6ccc7c(c56)CC5C(C7=O)C(C)(C)OC5(C)C)[C@@]43C)O[C@@H]2C(C)(C)O1. The minimum atomic E-state index is -1.11. The average Bonchev–Trinajstić information content (AvgIpc) is 3.51. The van der Waals surface area contributed by atoms with Gasteiger partial charge >= 0.3 is 0 Å². The number of ether oxygens (including phenoxy) is 5. The highest BCUT2D eigenvalue weighted by molar-refractivity contribution is 6.06. The number of carbonyl (C=O) groups is 1. The van der Waals surface area contributed by atoms with Crippen molar-refractivity contribution in [1.82, 2.24) is 4.98 Å². The minimum Gasteiger partial charge on any atom is -0.386 e. The zero-order valence-corrected chi connectivity index (χ0v) is 31.5. The van der Waals surface area contributed by atoms with E-state index in [1.165, 1.54) is 22.2 Å². The molecule has 2 N–H and O–H groups in total. The standard InChI is InChI=1S/C42H55NO7/c1-20(2)17-28-47-32-34(38(7,8)48-28)46-27-14-15-39(9)40(10)21(13-16-41(39,45)42(27)35(32)49-42)18-24-29-23-19-25-30(37(5,6)50-36(25,3)4)31(44)22(23)11-12-26(29)43-33(24)40/h11-12,17,21,25,27-28,30,32,34-35,43,45H,13-16,18-19H2,1-10H3/t21-,25?,27?,28-,30?,32+,34-,35+,39+,40+,41-,42-/m0/s1. The van der Waals surface area contributed by atoms with Crippen LogP contribution < -0.4 is 0 Å². The van der Waals surface area contributed by atoms with E-state index >= 15 is 0 Å². The van der Waals surface area contributed by atoms with Crippen molar-refractivity contribution in [2.24, 2.45) is 23.2 Å². The third kappa shape index (κ3) is 3.54. The molecular formula is C42H55NO7. The monoisotopic (exact) mass is 685 g/mol. The van der Waals surface area contributed by atoms with E-state index in [1.807, 2.05) is 6.08 Å². The van der Waals surface area contributed by atoms with Gasteiger partial charge in [-0.3, -0.25) is 4.79 Å². The Morgan fingerprint density at radius 3 is 2.38 bits per heavy atom. The quantitative estimate of drug-likeness (QED) is 0.250. The summed E-state index contributed by atoms with van der Waals surface area (Å²) in [4.78, 5) is 18.2. The maximum atomic E-state index is 14.3. The normalized spacial score (nSPS) is 48.3. The molecule has 5 heterocycles. The van der Waals surface area contributed by atoms with Crippen molar-refractivity contribution < 1.29 is 33.6 Å². The van der Waals surface area contributed by atoms with Gasteiger partial charge in [0.05, 0.1) is 28.8 Å². The number of fused-ring (bicyclic) bond motifs is 12. The number of benzene rings is 1. The Bertz CT molecular complexity index is 1900. The van der Waals surface area contributed by atoms with Crippen LogP contribution in [0.4, 0.5) is 0 Å². The van der Waals surface area contributed by atoms with Crippen molar-refractivity contribution in [1.29, 1.82) is 0 Å². The molecule has 0 bridgehead atoms. The molecule has 3 unspecified atom stereocenters. The molecule has 8 aliphatic rings. The third-order valence-electron chi connectivity index (χ3n) is 15.9. The first-order chi connectivity index (χ1) is 23.3. The van der Waals surface area contributed by atoms with Gasteiger partial charge < -0.3 is 33.8 Å². The summed E-state index contributed by atoms with van der Waals surface area (Å²) in [6.45, 7) is 21.5. The highest BCUT2D eigenvalue weighted by Gasteiger charge is 2.87. The van der Waals surface area contributed by atoms with E-state index in [-0.39, 0.29) is 53.1 Å². The highest BCUT2D eigenvalue weighted by atomic mass is 16.8. The number of rotatable bonds is 1. The number of carbonyl (C=O) groups excluding carboxylic acids is 1. The van der Waals surface area contributed by atoms with Gasteiger partial charge in [0.25, 0.3) is 0 Å². The molecule has 10 rings (SSSR count). The van der Waals surface area contributed by atoms with Crippen molar-refractivity contribution in [3.8, 4) is 0 Å². The van der Waals surface area contributed by atoms with Crippen LogP contribution in [0.3, 0.4) is 0 Å². The molecule has 12 atom stereocenters. The van der Waals surface area contributed by atoms with E-state index in [1.54, 1.807) is 0 Å². The molecule has 8 heteroatoms. The van der Waals surface area contributed by atoms with Crippen LogP contribution in [0.5, 0.6) is 0 Å². The van der Waals surface area contributed by atoms with E-state index in [4.69, 9.17) is 23.7 Å². The molecular weight excluding hydrogens is 630 g/mol. The van der Waals surface area contributed by atoms with E-state index in [0.717, 1.165) is 48.8 Å². The van der Waals surface area contributed by atoms with Crippen LogP contribution in [0, 0.1) is 23.2 Å². The second-order valence-corrected chi connectivity index (χ2v) is 19.6. The van der Waals surface area contributed by atoms with Crippen LogP contribution in [0.15, 0.2) is 23.8 Å².